The van der Waals surface area contributed by atoms with Gasteiger partial charge < -0.3 is 5.32 Å². The maximum Gasteiger partial charge on any atom is 0.416 e. The Kier molecular flexibility index (Phi) is 4.68. The van der Waals surface area contributed by atoms with Crippen molar-refractivity contribution in [2.24, 2.45) is 0 Å². The molecule has 1 saturated heterocycles. The molecule has 0 aliphatic carbocycles. The maximum atomic E-state index is 12.5. The van der Waals surface area contributed by atoms with E-state index in [1.807, 2.05) is 0 Å². The summed E-state index contributed by atoms with van der Waals surface area (Å²) in [6.07, 6.45) is -4.57. The second-order valence-electron chi connectivity index (χ2n) is 5.80. The first-order valence-electron chi connectivity index (χ1n) is 7.72. The molecule has 1 aliphatic heterocycles. The molecule has 0 unspecified atom stereocenters. The Labute approximate surface area is 152 Å². The summed E-state index contributed by atoms with van der Waals surface area (Å²) in [6.45, 7) is 0. The number of nitrogens with one attached hydrogen (secondary N) is 1. The Morgan fingerprint density at radius 1 is 1.00 bits per heavy atom. The van der Waals surface area contributed by atoms with Crippen LogP contribution in [-0.2, 0) is 21.0 Å². The number of carbonyl (C=O) groups is 2. The van der Waals surface area contributed by atoms with Gasteiger partial charge in [0, 0.05) is 17.7 Å². The average molecular weight is 398 g/mol. The van der Waals surface area contributed by atoms with E-state index in [1.165, 1.54) is 24.3 Å². The molecule has 2 aromatic carbocycles. The molecule has 1 heterocycles. The van der Waals surface area contributed by atoms with Gasteiger partial charge >= 0.3 is 6.18 Å². The van der Waals surface area contributed by atoms with Crippen LogP contribution in [0.1, 0.15) is 22.3 Å². The van der Waals surface area contributed by atoms with Crippen LogP contribution in [0.15, 0.2) is 48.5 Å². The van der Waals surface area contributed by atoms with Gasteiger partial charge in [-0.2, -0.15) is 13.2 Å². The molecule has 1 N–H and O–H groups in total. The van der Waals surface area contributed by atoms with E-state index >= 15 is 0 Å². The van der Waals surface area contributed by atoms with Gasteiger partial charge in [-0.15, -0.1) is 0 Å². The SMILES string of the molecule is O=C(Nc1ccc(C(F)(F)F)cc1)c1ccc(N2C(=O)CCS2(=O)=O)cc1. The average Bonchev–Trinajstić information content (AvgIpc) is 2.87. The third kappa shape index (κ3) is 3.95. The monoisotopic (exact) mass is 398 g/mol. The summed E-state index contributed by atoms with van der Waals surface area (Å²) in [5, 5.41) is 2.45. The quantitative estimate of drug-likeness (QED) is 0.862. The molecule has 1 fully saturated rings. The number of nitrogens with zero attached hydrogens (tertiary/aromatic N) is 1. The van der Waals surface area contributed by atoms with Crippen molar-refractivity contribution in [2.75, 3.05) is 15.4 Å². The van der Waals surface area contributed by atoms with Gasteiger partial charge in [0.1, 0.15) is 0 Å². The highest BCUT2D eigenvalue weighted by Gasteiger charge is 2.36. The topological polar surface area (TPSA) is 83.6 Å². The molecule has 10 heteroatoms. The molecule has 6 nitrogen and oxygen atoms in total. The summed E-state index contributed by atoms with van der Waals surface area (Å²) in [5.41, 5.74) is -0.373. The molecule has 0 atom stereocenters. The fourth-order valence-corrected chi connectivity index (χ4v) is 4.02. The van der Waals surface area contributed by atoms with Crippen LogP contribution in [0.5, 0.6) is 0 Å². The van der Waals surface area contributed by atoms with E-state index in [0.717, 1.165) is 24.3 Å². The molecule has 2 aromatic rings. The third-order valence-corrected chi connectivity index (χ3v) is 5.60. The van der Waals surface area contributed by atoms with Gasteiger partial charge in [0.05, 0.1) is 17.0 Å². The molecule has 27 heavy (non-hydrogen) atoms. The summed E-state index contributed by atoms with van der Waals surface area (Å²) in [5.74, 6) is -1.39. The van der Waals surface area contributed by atoms with Crippen LogP contribution in [0.3, 0.4) is 0 Å². The molecule has 0 aromatic heterocycles. The molecular weight excluding hydrogens is 385 g/mol. The van der Waals surface area contributed by atoms with E-state index in [0.29, 0.717) is 4.31 Å². The van der Waals surface area contributed by atoms with Gasteiger partial charge in [0.15, 0.2) is 0 Å². The van der Waals surface area contributed by atoms with Gasteiger partial charge in [-0.25, -0.2) is 12.7 Å². The largest absolute Gasteiger partial charge is 0.416 e. The number of carbonyl (C=O) groups excluding carboxylic acids is 2. The fraction of sp³-hybridized carbons (Fsp3) is 0.176. The second kappa shape index (κ2) is 6.69. The van der Waals surface area contributed by atoms with Crippen molar-refractivity contribution in [3.05, 3.63) is 59.7 Å². The summed E-state index contributed by atoms with van der Waals surface area (Å²) in [7, 11) is -3.70. The van der Waals surface area contributed by atoms with E-state index in [-0.39, 0.29) is 29.1 Å². The first kappa shape index (κ1) is 18.9. The first-order valence-corrected chi connectivity index (χ1v) is 9.33. The molecule has 0 bridgehead atoms. The van der Waals surface area contributed by atoms with E-state index in [2.05, 4.69) is 5.32 Å². The minimum Gasteiger partial charge on any atom is -0.322 e. The molecule has 1 aliphatic rings. The van der Waals surface area contributed by atoms with Gasteiger partial charge in [0.2, 0.25) is 15.9 Å². The highest BCUT2D eigenvalue weighted by molar-refractivity contribution is 7.94. The number of rotatable bonds is 3. The highest BCUT2D eigenvalue weighted by atomic mass is 32.2. The van der Waals surface area contributed by atoms with Crippen molar-refractivity contribution in [1.82, 2.24) is 0 Å². The number of anilines is 2. The van der Waals surface area contributed by atoms with Crippen molar-refractivity contribution in [2.45, 2.75) is 12.6 Å². The standard InChI is InChI=1S/C17H13F3N2O4S/c18-17(19,20)12-3-5-13(6-4-12)21-16(24)11-1-7-14(8-2-11)22-15(23)9-10-27(22,25)26/h1-8H,9-10H2,(H,21,24). The lowest BCUT2D eigenvalue weighted by atomic mass is 10.1. The van der Waals surface area contributed by atoms with Gasteiger partial charge in [0.25, 0.3) is 5.91 Å². The number of alkyl halides is 3. The number of hydrogen-bond donors (Lipinski definition) is 1. The van der Waals surface area contributed by atoms with E-state index in [9.17, 15) is 31.2 Å². The Morgan fingerprint density at radius 3 is 2.07 bits per heavy atom. The van der Waals surface area contributed by atoms with Crippen LogP contribution >= 0.6 is 0 Å². The first-order chi connectivity index (χ1) is 12.6. The maximum absolute atomic E-state index is 12.5. The van der Waals surface area contributed by atoms with Crippen LogP contribution in [0.25, 0.3) is 0 Å². The van der Waals surface area contributed by atoms with Gasteiger partial charge in [-0.1, -0.05) is 0 Å². The van der Waals surface area contributed by atoms with Crippen molar-refractivity contribution in [3.63, 3.8) is 0 Å². The molecule has 0 saturated carbocycles. The van der Waals surface area contributed by atoms with E-state index < -0.39 is 33.6 Å². The van der Waals surface area contributed by atoms with E-state index in [1.54, 1.807) is 0 Å². The summed E-state index contributed by atoms with van der Waals surface area (Å²) in [4.78, 5) is 23.9. The molecular formula is C17H13F3N2O4S. The molecule has 3 rings (SSSR count). The highest BCUT2D eigenvalue weighted by Crippen LogP contribution is 2.30. The van der Waals surface area contributed by atoms with Crippen molar-refractivity contribution >= 4 is 33.2 Å². The van der Waals surface area contributed by atoms with Crippen LogP contribution < -0.4 is 9.62 Å². The Balaban J connectivity index is 1.74. The van der Waals surface area contributed by atoms with Crippen LogP contribution in [-0.4, -0.2) is 26.0 Å². The van der Waals surface area contributed by atoms with Crippen molar-refractivity contribution < 1.29 is 31.2 Å². The predicted octanol–water partition coefficient (Wildman–Crippen LogP) is 3.02. The van der Waals surface area contributed by atoms with Crippen LogP contribution in [0.2, 0.25) is 0 Å². The summed E-state index contributed by atoms with van der Waals surface area (Å²) < 4.78 is 62.1. The number of hydrogen-bond acceptors (Lipinski definition) is 4. The predicted molar refractivity (Wildman–Crippen MR) is 91.7 cm³/mol. The lowest BCUT2D eigenvalue weighted by Gasteiger charge is -2.15. The molecule has 2 amide bonds. The second-order valence-corrected chi connectivity index (χ2v) is 7.74. The van der Waals surface area contributed by atoms with Crippen LogP contribution in [0.4, 0.5) is 24.5 Å². The number of benzene rings is 2. The smallest absolute Gasteiger partial charge is 0.322 e. The summed E-state index contributed by atoms with van der Waals surface area (Å²) in [6, 6.07) is 9.26. The Morgan fingerprint density at radius 2 is 1.59 bits per heavy atom. The Bertz CT molecular complexity index is 984. The van der Waals surface area contributed by atoms with Gasteiger partial charge in [-0.05, 0) is 48.5 Å². The molecule has 0 radical (unpaired) electrons. The zero-order valence-corrected chi connectivity index (χ0v) is 14.5. The van der Waals surface area contributed by atoms with Crippen molar-refractivity contribution in [3.8, 4) is 0 Å². The third-order valence-electron chi connectivity index (χ3n) is 3.91. The summed E-state index contributed by atoms with van der Waals surface area (Å²) >= 11 is 0. The molecule has 142 valence electrons. The lowest BCUT2D eigenvalue weighted by Crippen LogP contribution is -2.29. The lowest BCUT2D eigenvalue weighted by molar-refractivity contribution is -0.137. The zero-order chi connectivity index (χ0) is 19.8. The normalized spacial score (nSPS) is 16.4. The van der Waals surface area contributed by atoms with Crippen LogP contribution in [0, 0.1) is 0 Å². The number of sulfonamides is 1. The molecule has 0 spiro atoms. The minimum atomic E-state index is -4.47. The van der Waals surface area contributed by atoms with E-state index in [4.69, 9.17) is 0 Å². The van der Waals surface area contributed by atoms with Crippen molar-refractivity contribution in [1.29, 1.82) is 0 Å². The number of halogens is 3. The Hall–Kier alpha value is -2.88. The van der Waals surface area contributed by atoms with Gasteiger partial charge in [-0.3, -0.25) is 9.59 Å². The fourth-order valence-electron chi connectivity index (χ4n) is 2.56. The number of amides is 2. The zero-order valence-electron chi connectivity index (χ0n) is 13.7. The minimum absolute atomic E-state index is 0.0987.